The van der Waals surface area contributed by atoms with Crippen molar-refractivity contribution in [1.29, 1.82) is 5.26 Å². The Morgan fingerprint density at radius 2 is 1.90 bits per heavy atom. The predicted molar refractivity (Wildman–Crippen MR) is 86.1 cm³/mol. The molecule has 3 nitrogen and oxygen atoms in total. The quantitative estimate of drug-likeness (QED) is 0.928. The van der Waals surface area contributed by atoms with E-state index in [1.54, 1.807) is 0 Å². The third-order valence-electron chi connectivity index (χ3n) is 4.75. The number of H-pyrrole nitrogens is 1. The second kappa shape index (κ2) is 5.91. The van der Waals surface area contributed by atoms with Gasteiger partial charge in [0.25, 0.3) is 0 Å². The number of nitriles is 1. The zero-order chi connectivity index (χ0) is 14.7. The second-order valence-electron chi connectivity index (χ2n) is 6.32. The molecule has 1 aliphatic heterocycles. The van der Waals surface area contributed by atoms with Gasteiger partial charge in [0.1, 0.15) is 5.54 Å². The minimum atomic E-state index is -0.407. The van der Waals surface area contributed by atoms with Crippen molar-refractivity contribution in [3.63, 3.8) is 0 Å². The van der Waals surface area contributed by atoms with Crippen molar-refractivity contribution < 1.29 is 0 Å². The summed E-state index contributed by atoms with van der Waals surface area (Å²) in [6.45, 7) is 4.19. The van der Waals surface area contributed by atoms with Gasteiger partial charge in [-0.2, -0.15) is 5.26 Å². The van der Waals surface area contributed by atoms with Crippen LogP contribution in [0.1, 0.15) is 38.2 Å². The minimum absolute atomic E-state index is 0.407. The van der Waals surface area contributed by atoms with Crippen LogP contribution < -0.4 is 0 Å². The highest BCUT2D eigenvalue weighted by atomic mass is 15.2. The van der Waals surface area contributed by atoms with Gasteiger partial charge in [0, 0.05) is 23.5 Å². The van der Waals surface area contributed by atoms with Crippen molar-refractivity contribution in [2.75, 3.05) is 13.1 Å². The molecule has 3 rings (SSSR count). The Kier molecular flexibility index (Phi) is 3.98. The molecular weight excluding hydrogens is 258 g/mol. The maximum atomic E-state index is 9.80. The monoisotopic (exact) mass is 281 g/mol. The van der Waals surface area contributed by atoms with E-state index < -0.39 is 5.54 Å². The van der Waals surface area contributed by atoms with E-state index in [4.69, 9.17) is 0 Å². The zero-order valence-corrected chi connectivity index (χ0v) is 12.7. The molecule has 1 aromatic heterocycles. The molecule has 1 saturated heterocycles. The fraction of sp³-hybridized carbons (Fsp3) is 0.500. The first-order valence-corrected chi connectivity index (χ1v) is 7.94. The molecule has 1 aliphatic rings. The number of para-hydroxylation sites is 1. The molecule has 2 aromatic rings. The highest BCUT2D eigenvalue weighted by Crippen LogP contribution is 2.27. The molecule has 0 spiro atoms. The Labute approximate surface area is 126 Å². The van der Waals surface area contributed by atoms with Crippen LogP contribution in [0, 0.1) is 11.3 Å². The summed E-state index contributed by atoms with van der Waals surface area (Å²) in [5.74, 6) is 0. The zero-order valence-electron chi connectivity index (χ0n) is 12.7. The number of fused-ring (bicyclic) bond motifs is 1. The van der Waals surface area contributed by atoms with Gasteiger partial charge in [0.05, 0.1) is 6.07 Å². The smallest absolute Gasteiger partial charge is 0.110 e. The SMILES string of the molecule is CC(C#N)(Cc1c[nH]c2ccccc12)N1CCCCCC1. The number of aromatic nitrogens is 1. The van der Waals surface area contributed by atoms with Crippen LogP contribution in [0.15, 0.2) is 30.5 Å². The summed E-state index contributed by atoms with van der Waals surface area (Å²) in [6.07, 6.45) is 7.87. The standard InChI is InChI=1S/C18H23N3/c1-18(14-19,21-10-6-2-3-7-11-21)12-15-13-20-17-9-5-4-8-16(15)17/h4-5,8-9,13,20H,2-3,6-7,10-12H2,1H3. The van der Waals surface area contributed by atoms with Crippen molar-refractivity contribution in [2.45, 2.75) is 44.6 Å². The second-order valence-corrected chi connectivity index (χ2v) is 6.32. The van der Waals surface area contributed by atoms with Crippen molar-refractivity contribution >= 4 is 10.9 Å². The van der Waals surface area contributed by atoms with Gasteiger partial charge >= 0.3 is 0 Å². The lowest BCUT2D eigenvalue weighted by Crippen LogP contribution is -2.47. The van der Waals surface area contributed by atoms with Crippen LogP contribution in [-0.2, 0) is 6.42 Å². The first kappa shape index (κ1) is 14.2. The van der Waals surface area contributed by atoms with Gasteiger partial charge in [0.15, 0.2) is 0 Å². The Morgan fingerprint density at radius 1 is 1.19 bits per heavy atom. The number of aromatic amines is 1. The number of benzene rings is 1. The maximum Gasteiger partial charge on any atom is 0.110 e. The van der Waals surface area contributed by atoms with Crippen LogP contribution in [0.2, 0.25) is 0 Å². The first-order valence-electron chi connectivity index (χ1n) is 7.94. The van der Waals surface area contributed by atoms with E-state index in [2.05, 4.69) is 47.3 Å². The maximum absolute atomic E-state index is 9.80. The molecule has 0 amide bonds. The average Bonchev–Trinajstić information content (AvgIpc) is 2.74. The molecule has 1 fully saturated rings. The molecule has 3 heteroatoms. The van der Waals surface area contributed by atoms with E-state index in [9.17, 15) is 5.26 Å². The van der Waals surface area contributed by atoms with E-state index in [0.717, 1.165) is 25.0 Å². The summed E-state index contributed by atoms with van der Waals surface area (Å²) in [5.41, 5.74) is 2.00. The third kappa shape index (κ3) is 2.82. The summed E-state index contributed by atoms with van der Waals surface area (Å²) in [5, 5.41) is 11.0. The van der Waals surface area contributed by atoms with Crippen LogP contribution in [0.3, 0.4) is 0 Å². The number of hydrogen-bond acceptors (Lipinski definition) is 2. The molecule has 1 aromatic carbocycles. The molecule has 2 heterocycles. The van der Waals surface area contributed by atoms with Crippen LogP contribution >= 0.6 is 0 Å². The van der Waals surface area contributed by atoms with E-state index in [1.165, 1.54) is 36.6 Å². The normalized spacial score (nSPS) is 19.8. The fourth-order valence-electron chi connectivity index (χ4n) is 3.43. The van der Waals surface area contributed by atoms with Crippen molar-refractivity contribution in [1.82, 2.24) is 9.88 Å². The fourth-order valence-corrected chi connectivity index (χ4v) is 3.43. The topological polar surface area (TPSA) is 42.8 Å². The summed E-state index contributed by atoms with van der Waals surface area (Å²) in [7, 11) is 0. The summed E-state index contributed by atoms with van der Waals surface area (Å²) >= 11 is 0. The van der Waals surface area contributed by atoms with Crippen LogP contribution in [0.25, 0.3) is 10.9 Å². The van der Waals surface area contributed by atoms with Gasteiger partial charge < -0.3 is 4.98 Å². The van der Waals surface area contributed by atoms with Crippen LogP contribution in [0.4, 0.5) is 0 Å². The Balaban J connectivity index is 1.87. The molecule has 0 aliphatic carbocycles. The minimum Gasteiger partial charge on any atom is -0.361 e. The lowest BCUT2D eigenvalue weighted by atomic mass is 9.91. The van der Waals surface area contributed by atoms with Crippen molar-refractivity contribution in [2.24, 2.45) is 0 Å². The van der Waals surface area contributed by atoms with E-state index >= 15 is 0 Å². The van der Waals surface area contributed by atoms with Crippen molar-refractivity contribution in [3.05, 3.63) is 36.0 Å². The number of nitrogens with zero attached hydrogens (tertiary/aromatic N) is 2. The van der Waals surface area contributed by atoms with Crippen LogP contribution in [0.5, 0.6) is 0 Å². The van der Waals surface area contributed by atoms with E-state index in [-0.39, 0.29) is 0 Å². The third-order valence-corrected chi connectivity index (χ3v) is 4.75. The number of hydrogen-bond donors (Lipinski definition) is 1. The summed E-state index contributed by atoms with van der Waals surface area (Å²) < 4.78 is 0. The molecule has 1 unspecified atom stereocenters. The van der Waals surface area contributed by atoms with Gasteiger partial charge in [-0.25, -0.2) is 0 Å². The molecule has 0 saturated carbocycles. The van der Waals surface area contributed by atoms with Gasteiger partial charge in [-0.15, -0.1) is 0 Å². The van der Waals surface area contributed by atoms with E-state index in [1.807, 2.05) is 6.07 Å². The Hall–Kier alpha value is -1.79. The molecule has 1 N–H and O–H groups in total. The Morgan fingerprint density at radius 3 is 2.62 bits per heavy atom. The average molecular weight is 281 g/mol. The molecule has 0 bridgehead atoms. The van der Waals surface area contributed by atoms with Gasteiger partial charge in [-0.05, 0) is 44.5 Å². The van der Waals surface area contributed by atoms with Crippen molar-refractivity contribution in [3.8, 4) is 6.07 Å². The Bertz CT molecular complexity index is 644. The first-order chi connectivity index (χ1) is 10.2. The lowest BCUT2D eigenvalue weighted by Gasteiger charge is -2.35. The summed E-state index contributed by atoms with van der Waals surface area (Å²) in [6, 6.07) is 10.9. The van der Waals surface area contributed by atoms with Crippen LogP contribution in [-0.4, -0.2) is 28.5 Å². The molecular formula is C18H23N3. The molecule has 0 radical (unpaired) electrons. The predicted octanol–water partition coefficient (Wildman–Crippen LogP) is 3.87. The largest absolute Gasteiger partial charge is 0.361 e. The summed E-state index contributed by atoms with van der Waals surface area (Å²) in [4.78, 5) is 5.71. The number of rotatable bonds is 3. The number of nitrogens with one attached hydrogen (secondary N) is 1. The lowest BCUT2D eigenvalue weighted by molar-refractivity contribution is 0.158. The van der Waals surface area contributed by atoms with Gasteiger partial charge in [0.2, 0.25) is 0 Å². The number of likely N-dealkylation sites (tertiary alicyclic amines) is 1. The van der Waals surface area contributed by atoms with Gasteiger partial charge in [-0.1, -0.05) is 31.0 Å². The highest BCUT2D eigenvalue weighted by molar-refractivity contribution is 5.83. The molecule has 110 valence electrons. The van der Waals surface area contributed by atoms with Gasteiger partial charge in [-0.3, -0.25) is 4.90 Å². The highest BCUT2D eigenvalue weighted by Gasteiger charge is 2.33. The van der Waals surface area contributed by atoms with E-state index in [0.29, 0.717) is 0 Å². The molecule has 1 atom stereocenters. The molecule has 21 heavy (non-hydrogen) atoms.